The number of carbonyl (C=O) groups is 2. The van der Waals surface area contributed by atoms with Gasteiger partial charge in [0.1, 0.15) is 21.1 Å². The Balaban J connectivity index is 1.77. The van der Waals surface area contributed by atoms with E-state index in [1.165, 1.54) is 44.3 Å². The number of carbonyl (C=O) groups excluding carboxylic acids is 2. The molecule has 0 atom stereocenters. The van der Waals surface area contributed by atoms with Crippen LogP contribution in [-0.4, -0.2) is 25.2 Å². The van der Waals surface area contributed by atoms with E-state index in [0.717, 1.165) is 30.7 Å². The van der Waals surface area contributed by atoms with Crippen LogP contribution in [0.5, 0.6) is 0 Å². The third-order valence-electron chi connectivity index (χ3n) is 5.08. The number of hydrogen-bond donors (Lipinski definition) is 2. The highest BCUT2D eigenvalue weighted by atomic mass is 33.1. The van der Waals surface area contributed by atoms with Crippen molar-refractivity contribution in [3.05, 3.63) is 71.8 Å². The second kappa shape index (κ2) is 11.9. The summed E-state index contributed by atoms with van der Waals surface area (Å²) in [6.45, 7) is 4.04. The Morgan fingerprint density at radius 3 is 1.39 bits per heavy atom. The minimum atomic E-state index is -0.447. The van der Waals surface area contributed by atoms with Gasteiger partial charge >= 0.3 is 11.9 Å². The van der Waals surface area contributed by atoms with Crippen LogP contribution in [0.3, 0.4) is 0 Å². The summed E-state index contributed by atoms with van der Waals surface area (Å²) < 4.78 is 12.3. The van der Waals surface area contributed by atoms with Gasteiger partial charge in [-0.15, -0.1) is 22.7 Å². The quantitative estimate of drug-likeness (QED) is 0.162. The van der Waals surface area contributed by atoms with E-state index in [4.69, 9.17) is 20.9 Å². The average molecular weight is 557 g/mol. The van der Waals surface area contributed by atoms with E-state index in [1.54, 1.807) is 13.8 Å². The van der Waals surface area contributed by atoms with Gasteiger partial charge in [0.05, 0.1) is 21.6 Å². The molecule has 2 heterocycles. The van der Waals surface area contributed by atoms with Gasteiger partial charge in [0.25, 0.3) is 0 Å². The average Bonchev–Trinajstić information content (AvgIpc) is 3.40. The van der Waals surface area contributed by atoms with Crippen molar-refractivity contribution in [3.63, 3.8) is 0 Å². The fourth-order valence-corrected chi connectivity index (χ4v) is 8.96. The number of benzene rings is 2. The van der Waals surface area contributed by atoms with Crippen LogP contribution in [0.15, 0.2) is 69.1 Å². The topological polar surface area (TPSA) is 105 Å². The molecule has 0 aliphatic heterocycles. The van der Waals surface area contributed by atoms with E-state index in [0.29, 0.717) is 21.1 Å². The fourth-order valence-electron chi connectivity index (χ4n) is 3.59. The number of nitrogen functional groups attached to an aromatic ring is 2. The number of anilines is 2. The molecule has 0 saturated carbocycles. The molecule has 2 aromatic carbocycles. The molecule has 0 saturated heterocycles. The van der Waals surface area contributed by atoms with Crippen LogP contribution in [0.1, 0.15) is 34.6 Å². The van der Waals surface area contributed by atoms with Crippen LogP contribution in [0.25, 0.3) is 22.3 Å². The molecule has 0 fully saturated rings. The van der Waals surface area contributed by atoms with Crippen molar-refractivity contribution in [2.24, 2.45) is 0 Å². The first-order valence-corrected chi connectivity index (χ1v) is 14.9. The Kier molecular flexibility index (Phi) is 8.63. The van der Waals surface area contributed by atoms with Gasteiger partial charge in [0, 0.05) is 11.1 Å². The lowest BCUT2D eigenvalue weighted by Gasteiger charge is -2.09. The van der Waals surface area contributed by atoms with Crippen molar-refractivity contribution in [2.45, 2.75) is 22.3 Å². The lowest BCUT2D eigenvalue weighted by molar-refractivity contribution is 0.0519. The molecule has 0 spiro atoms. The molecule has 2 aromatic heterocycles. The summed E-state index contributed by atoms with van der Waals surface area (Å²) in [5.74, 6) is -0.895. The maximum atomic E-state index is 12.8. The van der Waals surface area contributed by atoms with Crippen molar-refractivity contribution in [3.8, 4) is 22.3 Å². The summed E-state index contributed by atoms with van der Waals surface area (Å²) in [7, 11) is 2.94. The van der Waals surface area contributed by atoms with E-state index in [2.05, 4.69) is 0 Å². The summed E-state index contributed by atoms with van der Waals surface area (Å²) in [6.07, 6.45) is 0. The highest BCUT2D eigenvalue weighted by molar-refractivity contribution is 8.77. The van der Waals surface area contributed by atoms with Crippen LogP contribution in [0, 0.1) is 0 Å². The minimum absolute atomic E-state index is 0.255. The standard InChI is InChI=1S/C26H24N2O4S4/c1-3-31-23(29)19-17(15-11-7-5-8-12-15)25(33-21(19)27)35-36-26-18(16-13-9-6-10-14-16)20(22(28)34-26)24(30)32-4-2/h5-14H,3-4,27-28H2,1-2H3. The molecule has 0 unspecified atom stereocenters. The minimum Gasteiger partial charge on any atom is -0.462 e. The number of rotatable bonds is 9. The largest absolute Gasteiger partial charge is 0.462 e. The maximum absolute atomic E-state index is 12.8. The maximum Gasteiger partial charge on any atom is 0.341 e. The SMILES string of the molecule is CCOC(=O)c1c(N)sc(SSc2sc(N)c(C(=O)OCC)c2-c2ccccc2)c1-c1ccccc1. The molecular formula is C26H24N2O4S4. The molecule has 186 valence electrons. The number of thiophene rings is 2. The number of ether oxygens (including phenoxy) is 2. The van der Waals surface area contributed by atoms with Crippen LogP contribution in [0.4, 0.5) is 10.0 Å². The molecule has 0 amide bonds. The van der Waals surface area contributed by atoms with Gasteiger partial charge in [-0.2, -0.15) is 0 Å². The van der Waals surface area contributed by atoms with Crippen molar-refractivity contribution >= 4 is 66.2 Å². The van der Waals surface area contributed by atoms with Gasteiger partial charge < -0.3 is 20.9 Å². The molecule has 0 aliphatic carbocycles. The first-order valence-electron chi connectivity index (χ1n) is 11.1. The summed E-state index contributed by atoms with van der Waals surface area (Å²) >= 11 is 2.67. The molecular weight excluding hydrogens is 533 g/mol. The highest BCUT2D eigenvalue weighted by Gasteiger charge is 2.28. The van der Waals surface area contributed by atoms with E-state index >= 15 is 0 Å². The predicted molar refractivity (Wildman–Crippen MR) is 152 cm³/mol. The third kappa shape index (κ3) is 5.41. The van der Waals surface area contributed by atoms with E-state index in [1.807, 2.05) is 60.7 Å². The molecule has 4 aromatic rings. The molecule has 0 bridgehead atoms. The van der Waals surface area contributed by atoms with Crippen LogP contribution in [0.2, 0.25) is 0 Å². The van der Waals surface area contributed by atoms with Gasteiger partial charge in [-0.25, -0.2) is 9.59 Å². The lowest BCUT2D eigenvalue weighted by atomic mass is 10.0. The number of esters is 2. The highest BCUT2D eigenvalue weighted by Crippen LogP contribution is 2.54. The first-order chi connectivity index (χ1) is 17.5. The van der Waals surface area contributed by atoms with E-state index in [9.17, 15) is 9.59 Å². The summed E-state index contributed by atoms with van der Waals surface area (Å²) in [5, 5.41) is 0.799. The Hall–Kier alpha value is -2.92. The summed E-state index contributed by atoms with van der Waals surface area (Å²) in [4.78, 5) is 25.6. The van der Waals surface area contributed by atoms with Crippen molar-refractivity contribution in [1.29, 1.82) is 0 Å². The molecule has 6 nitrogen and oxygen atoms in total. The van der Waals surface area contributed by atoms with Crippen molar-refractivity contribution in [2.75, 3.05) is 24.7 Å². The zero-order chi connectivity index (χ0) is 25.7. The zero-order valence-electron chi connectivity index (χ0n) is 19.6. The van der Waals surface area contributed by atoms with E-state index in [-0.39, 0.29) is 13.2 Å². The lowest BCUT2D eigenvalue weighted by Crippen LogP contribution is -2.07. The van der Waals surface area contributed by atoms with Crippen LogP contribution >= 0.6 is 44.3 Å². The summed E-state index contributed by atoms with van der Waals surface area (Å²) in [5.41, 5.74) is 16.6. The Bertz CT molecular complexity index is 1260. The van der Waals surface area contributed by atoms with Crippen molar-refractivity contribution in [1.82, 2.24) is 0 Å². The first kappa shape index (κ1) is 26.2. The van der Waals surface area contributed by atoms with Crippen LogP contribution < -0.4 is 11.5 Å². The molecule has 10 heteroatoms. The Labute approximate surface area is 225 Å². The number of nitrogens with two attached hydrogens (primary N) is 2. The molecule has 4 rings (SSSR count). The zero-order valence-corrected chi connectivity index (χ0v) is 22.9. The van der Waals surface area contributed by atoms with Gasteiger partial charge in [0.15, 0.2) is 0 Å². The van der Waals surface area contributed by atoms with Gasteiger partial charge in [0.2, 0.25) is 0 Å². The molecule has 0 radical (unpaired) electrons. The monoisotopic (exact) mass is 556 g/mol. The molecule has 36 heavy (non-hydrogen) atoms. The van der Waals surface area contributed by atoms with Gasteiger partial charge in [-0.1, -0.05) is 60.7 Å². The third-order valence-corrected chi connectivity index (χ3v) is 10.4. The molecule has 4 N–H and O–H groups in total. The smallest absolute Gasteiger partial charge is 0.341 e. The normalized spacial score (nSPS) is 10.8. The Morgan fingerprint density at radius 2 is 1.06 bits per heavy atom. The second-order valence-corrected chi connectivity index (χ2v) is 12.1. The number of hydrogen-bond acceptors (Lipinski definition) is 10. The van der Waals surface area contributed by atoms with Gasteiger partial charge in [-0.3, -0.25) is 0 Å². The van der Waals surface area contributed by atoms with Crippen molar-refractivity contribution < 1.29 is 19.1 Å². The fraction of sp³-hybridized carbons (Fsp3) is 0.154. The second-order valence-electron chi connectivity index (χ2n) is 7.35. The summed E-state index contributed by atoms with van der Waals surface area (Å²) in [6, 6.07) is 19.3. The van der Waals surface area contributed by atoms with Gasteiger partial charge in [-0.05, 0) is 46.6 Å². The van der Waals surface area contributed by atoms with Crippen LogP contribution in [-0.2, 0) is 9.47 Å². The predicted octanol–water partition coefficient (Wildman–Crippen LogP) is 7.46. The Morgan fingerprint density at radius 1 is 0.694 bits per heavy atom. The molecule has 0 aliphatic rings. The van der Waals surface area contributed by atoms with E-state index < -0.39 is 11.9 Å².